The summed E-state index contributed by atoms with van der Waals surface area (Å²) < 4.78 is 0. The van der Waals surface area contributed by atoms with E-state index in [-0.39, 0.29) is 0 Å². The molecule has 1 aromatic heterocycles. The number of hydrogen-bond acceptors (Lipinski definition) is 4. The molecule has 5 heteroatoms. The highest BCUT2D eigenvalue weighted by molar-refractivity contribution is 5.86. The monoisotopic (exact) mass is 251 g/mol. The summed E-state index contributed by atoms with van der Waals surface area (Å²) in [7, 11) is 0. The number of rotatable bonds is 4. The van der Waals surface area contributed by atoms with Crippen LogP contribution in [0.5, 0.6) is 0 Å². The van der Waals surface area contributed by atoms with Crippen LogP contribution < -0.4 is 0 Å². The lowest BCUT2D eigenvalue weighted by atomic mass is 10.1. The summed E-state index contributed by atoms with van der Waals surface area (Å²) in [5, 5.41) is 21.1. The highest BCUT2D eigenvalue weighted by atomic mass is 15.6. The molecule has 0 N–H and O–H groups in total. The minimum atomic E-state index is 0.326. The normalized spacial score (nSPS) is 11.1. The highest BCUT2D eigenvalue weighted by Crippen LogP contribution is 2.13. The standard InChI is InChI=1S/C14H13N5/c1-11(2)10-19-17-14(16-18-19)13(9-15)8-12-6-4-3-5-7-12/h3-8H,1,10H2,2H3/b13-8+. The SMILES string of the molecule is C=C(C)Cn1nnc(/C(C#N)=C/c2ccccc2)n1. The number of hydrogen-bond donors (Lipinski definition) is 0. The third-order valence-corrected chi connectivity index (χ3v) is 2.34. The lowest BCUT2D eigenvalue weighted by Crippen LogP contribution is -2.03. The second kappa shape index (κ2) is 5.74. The van der Waals surface area contributed by atoms with Crippen LogP contribution in [0.4, 0.5) is 0 Å². The predicted molar refractivity (Wildman–Crippen MR) is 72.6 cm³/mol. The molecular formula is C14H13N5. The van der Waals surface area contributed by atoms with Crippen molar-refractivity contribution in [2.75, 3.05) is 0 Å². The van der Waals surface area contributed by atoms with Crippen molar-refractivity contribution in [3.8, 4) is 6.07 Å². The van der Waals surface area contributed by atoms with E-state index in [1.54, 1.807) is 6.08 Å². The van der Waals surface area contributed by atoms with Crippen LogP contribution in [0.2, 0.25) is 0 Å². The fourth-order valence-electron chi connectivity index (χ4n) is 1.52. The Labute approximate surface area is 111 Å². The molecule has 0 radical (unpaired) electrons. The van der Waals surface area contributed by atoms with E-state index in [4.69, 9.17) is 0 Å². The van der Waals surface area contributed by atoms with Gasteiger partial charge in [-0.15, -0.1) is 10.2 Å². The van der Waals surface area contributed by atoms with Gasteiger partial charge in [0, 0.05) is 0 Å². The Morgan fingerprint density at radius 3 is 2.79 bits per heavy atom. The van der Waals surface area contributed by atoms with Crippen LogP contribution in [0.25, 0.3) is 11.6 Å². The molecule has 0 amide bonds. The number of tetrazole rings is 1. The van der Waals surface area contributed by atoms with Gasteiger partial charge in [0.25, 0.3) is 0 Å². The maximum atomic E-state index is 9.18. The summed E-state index contributed by atoms with van der Waals surface area (Å²) in [5.74, 6) is 0.326. The maximum absolute atomic E-state index is 9.18. The molecule has 94 valence electrons. The Kier molecular flexibility index (Phi) is 3.84. The van der Waals surface area contributed by atoms with Crippen molar-refractivity contribution in [2.45, 2.75) is 13.5 Å². The van der Waals surface area contributed by atoms with Crippen molar-refractivity contribution in [3.63, 3.8) is 0 Å². The first-order valence-corrected chi connectivity index (χ1v) is 5.78. The van der Waals surface area contributed by atoms with E-state index in [0.29, 0.717) is 17.9 Å². The molecule has 1 aromatic carbocycles. The molecule has 0 bridgehead atoms. The second-order valence-corrected chi connectivity index (χ2v) is 4.18. The third kappa shape index (κ3) is 3.36. The molecule has 5 nitrogen and oxygen atoms in total. The lowest BCUT2D eigenvalue weighted by Gasteiger charge is -1.95. The smallest absolute Gasteiger partial charge is 0.192 e. The summed E-state index contributed by atoms with van der Waals surface area (Å²) in [6, 6.07) is 11.7. The van der Waals surface area contributed by atoms with Crippen molar-refractivity contribution in [1.82, 2.24) is 20.2 Å². The van der Waals surface area contributed by atoms with E-state index >= 15 is 0 Å². The summed E-state index contributed by atoms with van der Waals surface area (Å²) >= 11 is 0. The van der Waals surface area contributed by atoms with Crippen LogP contribution >= 0.6 is 0 Å². The zero-order chi connectivity index (χ0) is 13.7. The first-order valence-electron chi connectivity index (χ1n) is 5.78. The number of nitrogens with zero attached hydrogens (tertiary/aromatic N) is 5. The molecule has 0 aliphatic carbocycles. The van der Waals surface area contributed by atoms with Gasteiger partial charge >= 0.3 is 0 Å². The van der Waals surface area contributed by atoms with E-state index in [0.717, 1.165) is 11.1 Å². The molecule has 1 heterocycles. The Morgan fingerprint density at radius 1 is 1.42 bits per heavy atom. The fourth-order valence-corrected chi connectivity index (χ4v) is 1.52. The quantitative estimate of drug-likeness (QED) is 0.617. The molecule has 0 fully saturated rings. The largest absolute Gasteiger partial charge is 0.215 e. The third-order valence-electron chi connectivity index (χ3n) is 2.34. The topological polar surface area (TPSA) is 67.4 Å². The zero-order valence-electron chi connectivity index (χ0n) is 10.6. The van der Waals surface area contributed by atoms with Crippen LogP contribution in [0.3, 0.4) is 0 Å². The number of aromatic nitrogens is 4. The Hall–Kier alpha value is -2.74. The minimum Gasteiger partial charge on any atom is -0.192 e. The van der Waals surface area contributed by atoms with Crippen LogP contribution in [0, 0.1) is 11.3 Å². The van der Waals surface area contributed by atoms with Crippen LogP contribution in [0.15, 0.2) is 42.5 Å². The summed E-state index contributed by atoms with van der Waals surface area (Å²) in [6.07, 6.45) is 1.74. The van der Waals surface area contributed by atoms with Crippen LogP contribution in [-0.4, -0.2) is 20.2 Å². The Bertz CT molecular complexity index is 646. The van der Waals surface area contributed by atoms with E-state index in [1.807, 2.05) is 37.3 Å². The number of nitriles is 1. The van der Waals surface area contributed by atoms with Crippen molar-refractivity contribution in [3.05, 3.63) is 53.9 Å². The number of allylic oxidation sites excluding steroid dienone is 2. The van der Waals surface area contributed by atoms with E-state index in [9.17, 15) is 5.26 Å². The van der Waals surface area contributed by atoms with Gasteiger partial charge in [-0.3, -0.25) is 0 Å². The van der Waals surface area contributed by atoms with Gasteiger partial charge in [-0.25, -0.2) is 0 Å². The van der Waals surface area contributed by atoms with Gasteiger partial charge in [0.05, 0.1) is 6.54 Å². The van der Waals surface area contributed by atoms with Crippen molar-refractivity contribution in [1.29, 1.82) is 5.26 Å². The highest BCUT2D eigenvalue weighted by Gasteiger charge is 2.08. The Balaban J connectivity index is 2.28. The molecule has 0 atom stereocenters. The van der Waals surface area contributed by atoms with Crippen molar-refractivity contribution >= 4 is 11.6 Å². The van der Waals surface area contributed by atoms with Crippen LogP contribution in [-0.2, 0) is 6.54 Å². The second-order valence-electron chi connectivity index (χ2n) is 4.18. The van der Waals surface area contributed by atoms with Crippen LogP contribution in [0.1, 0.15) is 18.3 Å². The molecule has 0 saturated carbocycles. The zero-order valence-corrected chi connectivity index (χ0v) is 10.6. The van der Waals surface area contributed by atoms with Gasteiger partial charge in [-0.05, 0) is 23.8 Å². The van der Waals surface area contributed by atoms with E-state index in [1.165, 1.54) is 4.80 Å². The average molecular weight is 251 g/mol. The van der Waals surface area contributed by atoms with E-state index in [2.05, 4.69) is 28.1 Å². The van der Waals surface area contributed by atoms with Crippen molar-refractivity contribution < 1.29 is 0 Å². The molecular weight excluding hydrogens is 238 g/mol. The molecule has 0 aliphatic rings. The molecule has 19 heavy (non-hydrogen) atoms. The average Bonchev–Trinajstić information content (AvgIpc) is 2.84. The Morgan fingerprint density at radius 2 is 2.16 bits per heavy atom. The van der Waals surface area contributed by atoms with Gasteiger partial charge in [-0.1, -0.05) is 42.5 Å². The van der Waals surface area contributed by atoms with E-state index < -0.39 is 0 Å². The predicted octanol–water partition coefficient (Wildman–Crippen LogP) is 2.31. The minimum absolute atomic E-state index is 0.326. The molecule has 2 rings (SSSR count). The molecule has 0 aliphatic heterocycles. The summed E-state index contributed by atoms with van der Waals surface area (Å²) in [4.78, 5) is 1.42. The van der Waals surface area contributed by atoms with Gasteiger partial charge in [-0.2, -0.15) is 10.1 Å². The van der Waals surface area contributed by atoms with Gasteiger partial charge in [0.1, 0.15) is 11.6 Å². The maximum Gasteiger partial charge on any atom is 0.215 e. The molecule has 0 saturated heterocycles. The fraction of sp³-hybridized carbons (Fsp3) is 0.143. The van der Waals surface area contributed by atoms with Crippen molar-refractivity contribution in [2.24, 2.45) is 0 Å². The summed E-state index contributed by atoms with van der Waals surface area (Å²) in [6.45, 7) is 6.16. The van der Waals surface area contributed by atoms with Gasteiger partial charge < -0.3 is 0 Å². The molecule has 2 aromatic rings. The van der Waals surface area contributed by atoms with Gasteiger partial charge in [0.2, 0.25) is 5.82 Å². The first-order chi connectivity index (χ1) is 9.19. The summed E-state index contributed by atoms with van der Waals surface area (Å²) in [5.41, 5.74) is 2.24. The first kappa shape index (κ1) is 12.7. The molecule has 0 spiro atoms. The van der Waals surface area contributed by atoms with Gasteiger partial charge in [0.15, 0.2) is 0 Å². The molecule has 0 unspecified atom stereocenters. The lowest BCUT2D eigenvalue weighted by molar-refractivity contribution is 0.567. The number of benzene rings is 1.